The fourth-order valence-electron chi connectivity index (χ4n) is 3.87. The Hall–Kier alpha value is -2.17. The average molecular weight is 381 g/mol. The molecule has 2 aromatic carbocycles. The molecule has 4 heteroatoms. The lowest BCUT2D eigenvalue weighted by Crippen LogP contribution is -2.49. The number of nitrogens with zero attached hydrogens (tertiary/aromatic N) is 1. The number of carbonyl (C=O) groups is 1. The van der Waals surface area contributed by atoms with Crippen molar-refractivity contribution in [2.45, 2.75) is 32.7 Å². The molecule has 1 aliphatic heterocycles. The van der Waals surface area contributed by atoms with Gasteiger partial charge in [0.25, 0.3) is 5.91 Å². The Morgan fingerprint density at radius 3 is 2.43 bits per heavy atom. The molecule has 28 heavy (non-hydrogen) atoms. The number of nitrogens with one attached hydrogen (secondary N) is 1. The summed E-state index contributed by atoms with van der Waals surface area (Å²) in [6, 6.07) is 18.6. The first-order chi connectivity index (χ1) is 13.6. The standard InChI is InChI=1S/C24H32N2O2/c1-19(2)16-22(26-12-14-28-15-13-26)18-25-24(27)23-11-7-6-10-21(23)17-20-8-4-3-5-9-20/h3-11,19,22H,12-18H2,1-2H3,(H,25,27). The summed E-state index contributed by atoms with van der Waals surface area (Å²) in [6.07, 6.45) is 1.84. The molecule has 4 nitrogen and oxygen atoms in total. The zero-order valence-corrected chi connectivity index (χ0v) is 17.1. The van der Waals surface area contributed by atoms with Gasteiger partial charge >= 0.3 is 0 Å². The van der Waals surface area contributed by atoms with E-state index in [2.05, 4.69) is 42.3 Å². The summed E-state index contributed by atoms with van der Waals surface area (Å²) in [5.74, 6) is 0.615. The van der Waals surface area contributed by atoms with Crippen LogP contribution in [0.5, 0.6) is 0 Å². The highest BCUT2D eigenvalue weighted by atomic mass is 16.5. The Kier molecular flexibility index (Phi) is 7.63. The molecule has 1 aliphatic rings. The molecule has 150 valence electrons. The SMILES string of the molecule is CC(C)CC(CNC(=O)c1ccccc1Cc1ccccc1)N1CCOCC1. The van der Waals surface area contributed by atoms with E-state index >= 15 is 0 Å². The third-order valence-corrected chi connectivity index (χ3v) is 5.30. The van der Waals surface area contributed by atoms with Crippen molar-refractivity contribution in [1.29, 1.82) is 0 Å². The van der Waals surface area contributed by atoms with Crippen molar-refractivity contribution >= 4 is 5.91 Å². The first kappa shape index (κ1) is 20.6. The molecule has 0 radical (unpaired) electrons. The van der Waals surface area contributed by atoms with E-state index in [9.17, 15) is 4.79 Å². The van der Waals surface area contributed by atoms with Crippen LogP contribution in [0.2, 0.25) is 0 Å². The molecular weight excluding hydrogens is 348 g/mol. The third kappa shape index (κ3) is 5.91. The van der Waals surface area contributed by atoms with Crippen LogP contribution < -0.4 is 5.32 Å². The lowest BCUT2D eigenvalue weighted by atomic mass is 9.98. The van der Waals surface area contributed by atoms with Crippen molar-refractivity contribution in [3.63, 3.8) is 0 Å². The van der Waals surface area contributed by atoms with E-state index in [0.717, 1.165) is 50.3 Å². The summed E-state index contributed by atoms with van der Waals surface area (Å²) in [7, 11) is 0. The van der Waals surface area contributed by atoms with E-state index in [1.165, 1.54) is 5.56 Å². The van der Waals surface area contributed by atoms with Gasteiger partial charge in [-0.15, -0.1) is 0 Å². The van der Waals surface area contributed by atoms with Crippen LogP contribution in [0.1, 0.15) is 41.8 Å². The summed E-state index contributed by atoms with van der Waals surface area (Å²) in [4.78, 5) is 15.4. The molecule has 1 N–H and O–H groups in total. The molecule has 1 unspecified atom stereocenters. The van der Waals surface area contributed by atoms with Crippen molar-refractivity contribution in [2.24, 2.45) is 5.92 Å². The molecule has 2 aromatic rings. The van der Waals surface area contributed by atoms with Gasteiger partial charge in [0.05, 0.1) is 13.2 Å². The predicted octanol–water partition coefficient (Wildman–Crippen LogP) is 3.75. The van der Waals surface area contributed by atoms with Crippen LogP contribution in [-0.4, -0.2) is 49.7 Å². The molecule has 3 rings (SSSR count). The monoisotopic (exact) mass is 380 g/mol. The maximum atomic E-state index is 13.0. The second-order valence-corrected chi connectivity index (χ2v) is 7.96. The lowest BCUT2D eigenvalue weighted by Gasteiger charge is -2.35. The highest BCUT2D eigenvalue weighted by Crippen LogP contribution is 2.16. The number of rotatable bonds is 8. The number of hydrogen-bond donors (Lipinski definition) is 1. The molecule has 1 atom stereocenters. The molecule has 0 spiro atoms. The maximum absolute atomic E-state index is 13.0. The van der Waals surface area contributed by atoms with E-state index in [-0.39, 0.29) is 5.91 Å². The minimum Gasteiger partial charge on any atom is -0.379 e. The number of morpholine rings is 1. The van der Waals surface area contributed by atoms with Crippen LogP contribution >= 0.6 is 0 Å². The highest BCUT2D eigenvalue weighted by molar-refractivity contribution is 5.95. The molecule has 1 amide bonds. The summed E-state index contributed by atoms with van der Waals surface area (Å²) < 4.78 is 5.49. The Balaban J connectivity index is 1.66. The maximum Gasteiger partial charge on any atom is 0.251 e. The van der Waals surface area contributed by atoms with Crippen molar-refractivity contribution in [2.75, 3.05) is 32.8 Å². The Morgan fingerprint density at radius 1 is 1.04 bits per heavy atom. The van der Waals surface area contributed by atoms with Crippen LogP contribution in [0.4, 0.5) is 0 Å². The first-order valence-corrected chi connectivity index (χ1v) is 10.4. The molecule has 1 saturated heterocycles. The normalized spacial score (nSPS) is 16.1. The quantitative estimate of drug-likeness (QED) is 0.758. The van der Waals surface area contributed by atoms with Crippen LogP contribution in [-0.2, 0) is 11.2 Å². The number of amides is 1. The fraction of sp³-hybridized carbons (Fsp3) is 0.458. The third-order valence-electron chi connectivity index (χ3n) is 5.30. The van der Waals surface area contributed by atoms with Crippen LogP contribution in [0, 0.1) is 5.92 Å². The van der Waals surface area contributed by atoms with E-state index < -0.39 is 0 Å². The Bertz CT molecular complexity index is 739. The minimum absolute atomic E-state index is 0.0218. The van der Waals surface area contributed by atoms with Crippen LogP contribution in [0.25, 0.3) is 0 Å². The molecular formula is C24H32N2O2. The van der Waals surface area contributed by atoms with Crippen molar-refractivity contribution < 1.29 is 9.53 Å². The van der Waals surface area contributed by atoms with Gasteiger partial charge < -0.3 is 10.1 Å². The van der Waals surface area contributed by atoms with Crippen molar-refractivity contribution in [3.8, 4) is 0 Å². The highest BCUT2D eigenvalue weighted by Gasteiger charge is 2.23. The largest absolute Gasteiger partial charge is 0.379 e. The number of hydrogen-bond acceptors (Lipinski definition) is 3. The summed E-state index contributed by atoms with van der Waals surface area (Å²) >= 11 is 0. The van der Waals surface area contributed by atoms with E-state index in [4.69, 9.17) is 4.74 Å². The number of ether oxygens (including phenoxy) is 1. The summed E-state index contributed by atoms with van der Waals surface area (Å²) in [5.41, 5.74) is 3.06. The van der Waals surface area contributed by atoms with E-state index in [1.807, 2.05) is 36.4 Å². The smallest absolute Gasteiger partial charge is 0.251 e. The topological polar surface area (TPSA) is 41.6 Å². The van der Waals surface area contributed by atoms with Gasteiger partial charge in [-0.1, -0.05) is 62.4 Å². The van der Waals surface area contributed by atoms with Crippen molar-refractivity contribution in [1.82, 2.24) is 10.2 Å². The van der Waals surface area contributed by atoms with Gasteiger partial charge in [0, 0.05) is 31.2 Å². The molecule has 1 heterocycles. The van der Waals surface area contributed by atoms with E-state index in [1.54, 1.807) is 0 Å². The summed E-state index contributed by atoms with van der Waals surface area (Å²) in [5, 5.41) is 3.21. The second kappa shape index (κ2) is 10.4. The summed E-state index contributed by atoms with van der Waals surface area (Å²) in [6.45, 7) is 8.60. The number of carbonyl (C=O) groups excluding carboxylic acids is 1. The van der Waals surface area contributed by atoms with Gasteiger partial charge in [-0.05, 0) is 36.0 Å². The van der Waals surface area contributed by atoms with Crippen molar-refractivity contribution in [3.05, 3.63) is 71.3 Å². The van der Waals surface area contributed by atoms with E-state index in [0.29, 0.717) is 18.5 Å². The second-order valence-electron chi connectivity index (χ2n) is 7.96. The lowest BCUT2D eigenvalue weighted by molar-refractivity contribution is 0.0124. The molecule has 0 bridgehead atoms. The zero-order chi connectivity index (χ0) is 19.8. The predicted molar refractivity (Wildman–Crippen MR) is 114 cm³/mol. The molecule has 0 aromatic heterocycles. The van der Waals surface area contributed by atoms with Gasteiger partial charge in [-0.3, -0.25) is 9.69 Å². The average Bonchev–Trinajstić information content (AvgIpc) is 2.72. The Labute approximate surface area is 168 Å². The van der Waals surface area contributed by atoms with Crippen LogP contribution in [0.3, 0.4) is 0 Å². The first-order valence-electron chi connectivity index (χ1n) is 10.4. The van der Waals surface area contributed by atoms with Gasteiger partial charge in [0.1, 0.15) is 0 Å². The fourth-order valence-corrected chi connectivity index (χ4v) is 3.87. The van der Waals surface area contributed by atoms with Gasteiger partial charge in [0.2, 0.25) is 0 Å². The number of benzene rings is 2. The minimum atomic E-state index is 0.0218. The van der Waals surface area contributed by atoms with Gasteiger partial charge in [-0.25, -0.2) is 0 Å². The van der Waals surface area contributed by atoms with Crippen LogP contribution in [0.15, 0.2) is 54.6 Å². The Morgan fingerprint density at radius 2 is 1.71 bits per heavy atom. The molecule has 0 saturated carbocycles. The van der Waals surface area contributed by atoms with Gasteiger partial charge in [0.15, 0.2) is 0 Å². The molecule has 1 fully saturated rings. The zero-order valence-electron chi connectivity index (χ0n) is 17.1. The van der Waals surface area contributed by atoms with Gasteiger partial charge in [-0.2, -0.15) is 0 Å². The molecule has 0 aliphatic carbocycles.